The van der Waals surface area contributed by atoms with Gasteiger partial charge in [0.15, 0.2) is 0 Å². The summed E-state index contributed by atoms with van der Waals surface area (Å²) in [6.45, 7) is 6.14. The molecule has 0 amide bonds. The maximum Gasteiger partial charge on any atom is 0.244 e. The van der Waals surface area contributed by atoms with Crippen LogP contribution in [0.2, 0.25) is 0 Å². The lowest BCUT2D eigenvalue weighted by Crippen LogP contribution is -2.44. The highest BCUT2D eigenvalue weighted by Gasteiger charge is 2.32. The molecule has 4 rings (SSSR count). The molecule has 0 saturated carbocycles. The molecule has 1 atom stereocenters. The first-order chi connectivity index (χ1) is 14.4. The van der Waals surface area contributed by atoms with Crippen molar-refractivity contribution in [3.63, 3.8) is 0 Å². The van der Waals surface area contributed by atoms with Gasteiger partial charge in [0.25, 0.3) is 0 Å². The van der Waals surface area contributed by atoms with Crippen molar-refractivity contribution in [3.8, 4) is 5.88 Å². The molecule has 0 aromatic carbocycles. The molecule has 0 N–H and O–H groups in total. The van der Waals surface area contributed by atoms with E-state index < -0.39 is 10.0 Å². The van der Waals surface area contributed by atoms with Gasteiger partial charge < -0.3 is 9.47 Å². The Balaban J connectivity index is 1.58. The molecule has 1 unspecified atom stereocenters. The van der Waals surface area contributed by atoms with E-state index in [-0.39, 0.29) is 16.9 Å². The number of pyridine rings is 1. The number of sulfonamides is 1. The Morgan fingerprint density at radius 3 is 2.83 bits per heavy atom. The van der Waals surface area contributed by atoms with Crippen molar-refractivity contribution >= 4 is 10.0 Å². The summed E-state index contributed by atoms with van der Waals surface area (Å²) in [4.78, 5) is 13.6. The van der Waals surface area contributed by atoms with Crippen molar-refractivity contribution in [2.24, 2.45) is 0 Å². The number of ether oxygens (including phenoxy) is 2. The van der Waals surface area contributed by atoms with Gasteiger partial charge >= 0.3 is 0 Å². The maximum atomic E-state index is 13.0. The summed E-state index contributed by atoms with van der Waals surface area (Å²) in [5.41, 5.74) is 1.97. The van der Waals surface area contributed by atoms with Crippen LogP contribution in [-0.4, -0.2) is 60.1 Å². The first-order valence-corrected chi connectivity index (χ1v) is 11.9. The van der Waals surface area contributed by atoms with Crippen molar-refractivity contribution in [1.82, 2.24) is 19.3 Å². The summed E-state index contributed by atoms with van der Waals surface area (Å²) < 4.78 is 39.4. The predicted octanol–water partition coefficient (Wildman–Crippen LogP) is 2.34. The van der Waals surface area contributed by atoms with Crippen LogP contribution in [0, 0.1) is 0 Å². The molecule has 2 aromatic rings. The highest BCUT2D eigenvalue weighted by molar-refractivity contribution is 7.89. The Bertz CT molecular complexity index is 982. The summed E-state index contributed by atoms with van der Waals surface area (Å²) in [5.74, 6) is 1.51. The van der Waals surface area contributed by atoms with E-state index in [1.807, 2.05) is 0 Å². The Morgan fingerprint density at radius 2 is 2.07 bits per heavy atom. The zero-order valence-corrected chi connectivity index (χ0v) is 18.3. The first-order valence-electron chi connectivity index (χ1n) is 10.5. The van der Waals surface area contributed by atoms with Crippen LogP contribution >= 0.6 is 0 Å². The van der Waals surface area contributed by atoms with E-state index in [2.05, 4.69) is 18.8 Å². The normalized spacial score (nSPS) is 20.6. The number of piperidine rings is 1. The highest BCUT2D eigenvalue weighted by atomic mass is 32.2. The molecular formula is C21H28N4O4S. The SMILES string of the molecule is CC(C)c1nc2c(c(OC3CCCN(S(=O)(=O)c4cccnc4)C3)n1)CCOCC2. The van der Waals surface area contributed by atoms with Crippen molar-refractivity contribution in [2.75, 3.05) is 26.3 Å². The topological polar surface area (TPSA) is 94.5 Å². The van der Waals surface area contributed by atoms with Crippen LogP contribution in [0.3, 0.4) is 0 Å². The van der Waals surface area contributed by atoms with E-state index in [1.54, 1.807) is 18.3 Å². The number of nitrogens with zero attached hydrogens (tertiary/aromatic N) is 4. The van der Waals surface area contributed by atoms with Gasteiger partial charge in [-0.2, -0.15) is 9.29 Å². The van der Waals surface area contributed by atoms with E-state index >= 15 is 0 Å². The molecule has 0 bridgehead atoms. The summed E-state index contributed by atoms with van der Waals surface area (Å²) in [5, 5.41) is 0. The van der Waals surface area contributed by atoms with Gasteiger partial charge in [-0.25, -0.2) is 13.4 Å². The van der Waals surface area contributed by atoms with Gasteiger partial charge in [-0.1, -0.05) is 13.8 Å². The number of hydrogen-bond donors (Lipinski definition) is 0. The van der Waals surface area contributed by atoms with Crippen LogP contribution in [0.5, 0.6) is 5.88 Å². The quantitative estimate of drug-likeness (QED) is 0.716. The van der Waals surface area contributed by atoms with Gasteiger partial charge in [0, 0.05) is 43.3 Å². The molecule has 2 aromatic heterocycles. The third-order valence-electron chi connectivity index (χ3n) is 5.46. The molecule has 0 radical (unpaired) electrons. The summed E-state index contributed by atoms with van der Waals surface area (Å²) in [6, 6.07) is 3.21. The van der Waals surface area contributed by atoms with Crippen molar-refractivity contribution in [2.45, 2.75) is 56.4 Å². The molecule has 162 valence electrons. The van der Waals surface area contributed by atoms with Gasteiger partial charge in [-0.3, -0.25) is 4.98 Å². The molecule has 30 heavy (non-hydrogen) atoms. The molecule has 2 aliphatic heterocycles. The monoisotopic (exact) mass is 432 g/mol. The van der Waals surface area contributed by atoms with Crippen LogP contribution in [0.25, 0.3) is 0 Å². The fourth-order valence-corrected chi connectivity index (χ4v) is 5.29. The van der Waals surface area contributed by atoms with E-state index in [1.165, 1.54) is 10.5 Å². The fraction of sp³-hybridized carbons (Fsp3) is 0.571. The summed E-state index contributed by atoms with van der Waals surface area (Å²) in [6.07, 6.45) is 5.65. The zero-order valence-electron chi connectivity index (χ0n) is 17.5. The smallest absolute Gasteiger partial charge is 0.244 e. The van der Waals surface area contributed by atoms with Crippen molar-refractivity contribution < 1.29 is 17.9 Å². The first kappa shape index (κ1) is 21.1. The van der Waals surface area contributed by atoms with Crippen LogP contribution < -0.4 is 4.74 Å². The number of rotatable bonds is 5. The van der Waals surface area contributed by atoms with Crippen LogP contribution in [0.15, 0.2) is 29.4 Å². The summed E-state index contributed by atoms with van der Waals surface area (Å²) in [7, 11) is -3.59. The Morgan fingerprint density at radius 1 is 1.23 bits per heavy atom. The minimum Gasteiger partial charge on any atom is -0.473 e. The van der Waals surface area contributed by atoms with E-state index in [0.717, 1.165) is 36.3 Å². The molecule has 9 heteroatoms. The molecule has 1 saturated heterocycles. The fourth-order valence-electron chi connectivity index (χ4n) is 3.81. The second-order valence-corrected chi connectivity index (χ2v) is 9.95. The van der Waals surface area contributed by atoms with E-state index in [9.17, 15) is 8.42 Å². The van der Waals surface area contributed by atoms with Gasteiger partial charge in [-0.05, 0) is 25.0 Å². The second kappa shape index (κ2) is 8.95. The van der Waals surface area contributed by atoms with Crippen LogP contribution in [0.4, 0.5) is 0 Å². The number of aromatic nitrogens is 3. The van der Waals surface area contributed by atoms with Gasteiger partial charge in [0.05, 0.1) is 25.5 Å². The van der Waals surface area contributed by atoms with Gasteiger partial charge in [0.2, 0.25) is 15.9 Å². The average molecular weight is 433 g/mol. The summed E-state index contributed by atoms with van der Waals surface area (Å²) >= 11 is 0. The minimum absolute atomic E-state index is 0.177. The lowest BCUT2D eigenvalue weighted by molar-refractivity contribution is 0.121. The lowest BCUT2D eigenvalue weighted by atomic mass is 10.1. The van der Waals surface area contributed by atoms with Crippen molar-refractivity contribution in [3.05, 3.63) is 41.6 Å². The molecule has 8 nitrogen and oxygen atoms in total. The largest absolute Gasteiger partial charge is 0.473 e. The van der Waals surface area contributed by atoms with E-state index in [4.69, 9.17) is 19.4 Å². The maximum absolute atomic E-state index is 13.0. The van der Waals surface area contributed by atoms with Crippen LogP contribution in [-0.2, 0) is 27.6 Å². The molecule has 2 aliphatic rings. The molecule has 0 spiro atoms. The average Bonchev–Trinajstić information content (AvgIpc) is 3.00. The van der Waals surface area contributed by atoms with Crippen LogP contribution in [0.1, 0.15) is 49.7 Å². The standard InChI is InChI=1S/C21H28N4O4S/c1-15(2)20-23-19-8-12-28-11-7-18(19)21(24-20)29-16-5-4-10-25(14-16)30(26,27)17-6-3-9-22-13-17/h3,6,9,13,15-16H,4-5,7-8,10-12,14H2,1-2H3. The predicted molar refractivity (Wildman–Crippen MR) is 111 cm³/mol. The second-order valence-electron chi connectivity index (χ2n) is 8.01. The Labute approximate surface area is 177 Å². The van der Waals surface area contributed by atoms with Gasteiger partial charge in [0.1, 0.15) is 16.8 Å². The van der Waals surface area contributed by atoms with E-state index in [0.29, 0.717) is 38.6 Å². The lowest BCUT2D eigenvalue weighted by Gasteiger charge is -2.32. The molecule has 1 fully saturated rings. The Hall–Kier alpha value is -2.10. The minimum atomic E-state index is -3.59. The molecule has 0 aliphatic carbocycles. The number of fused-ring (bicyclic) bond motifs is 1. The molecular weight excluding hydrogens is 404 g/mol. The number of hydrogen-bond acceptors (Lipinski definition) is 7. The van der Waals surface area contributed by atoms with Crippen molar-refractivity contribution in [1.29, 1.82) is 0 Å². The third kappa shape index (κ3) is 4.48. The Kier molecular flexibility index (Phi) is 6.31. The van der Waals surface area contributed by atoms with Gasteiger partial charge in [-0.15, -0.1) is 0 Å². The third-order valence-corrected chi connectivity index (χ3v) is 7.31. The highest BCUT2D eigenvalue weighted by Crippen LogP contribution is 2.28. The zero-order chi connectivity index (χ0) is 21.1. The molecule has 4 heterocycles.